The third-order valence-corrected chi connectivity index (χ3v) is 5.81. The minimum absolute atomic E-state index is 0.214. The van der Waals surface area contributed by atoms with E-state index >= 15 is 0 Å². The van der Waals surface area contributed by atoms with E-state index in [1.54, 1.807) is 0 Å². The zero-order valence-corrected chi connectivity index (χ0v) is 14.9. The van der Waals surface area contributed by atoms with Crippen molar-refractivity contribution >= 4 is 5.91 Å². The number of carbonyl (C=O) groups excluding carboxylic acids is 1. The van der Waals surface area contributed by atoms with Gasteiger partial charge in [-0.05, 0) is 31.0 Å². The predicted octanol–water partition coefficient (Wildman–Crippen LogP) is 1.63. The largest absolute Gasteiger partial charge is 0.486 e. The number of benzene rings is 1. The van der Waals surface area contributed by atoms with Gasteiger partial charge in [0, 0.05) is 24.4 Å². The van der Waals surface area contributed by atoms with E-state index < -0.39 is 0 Å². The van der Waals surface area contributed by atoms with Crippen molar-refractivity contribution < 1.29 is 19.2 Å². The van der Waals surface area contributed by atoms with Crippen molar-refractivity contribution in [2.45, 2.75) is 57.0 Å². The van der Waals surface area contributed by atoms with Crippen molar-refractivity contribution in [2.24, 2.45) is 0 Å². The van der Waals surface area contributed by atoms with E-state index in [1.807, 2.05) is 6.07 Å². The molecule has 1 amide bonds. The summed E-state index contributed by atoms with van der Waals surface area (Å²) in [6.45, 7) is 2.88. The van der Waals surface area contributed by atoms with Crippen LogP contribution < -0.4 is 19.7 Å². The zero-order valence-electron chi connectivity index (χ0n) is 14.9. The SMILES string of the molecule is O=C(C[NH+]1CCC[C@H]1c1ccc2c(c1)OCCO2)NC1CCCCC1. The number of likely N-dealkylation sites (tertiary alicyclic amines) is 1. The number of hydrogen-bond acceptors (Lipinski definition) is 3. The third kappa shape index (κ3) is 3.92. The number of carbonyl (C=O) groups is 1. The summed E-state index contributed by atoms with van der Waals surface area (Å²) in [4.78, 5) is 13.9. The fourth-order valence-electron chi connectivity index (χ4n) is 4.53. The molecule has 0 radical (unpaired) electrons. The van der Waals surface area contributed by atoms with E-state index in [2.05, 4.69) is 17.4 Å². The highest BCUT2D eigenvalue weighted by atomic mass is 16.6. The van der Waals surface area contributed by atoms with Crippen LogP contribution in [0.1, 0.15) is 56.6 Å². The van der Waals surface area contributed by atoms with Crippen LogP contribution in [-0.4, -0.2) is 38.3 Å². The van der Waals surface area contributed by atoms with E-state index in [1.165, 1.54) is 36.1 Å². The molecule has 0 spiro atoms. The van der Waals surface area contributed by atoms with Gasteiger partial charge in [0.2, 0.25) is 0 Å². The first kappa shape index (κ1) is 16.7. The van der Waals surface area contributed by atoms with E-state index in [-0.39, 0.29) is 5.91 Å². The molecule has 5 heteroatoms. The maximum Gasteiger partial charge on any atom is 0.275 e. The first-order valence-electron chi connectivity index (χ1n) is 9.83. The van der Waals surface area contributed by atoms with E-state index in [0.717, 1.165) is 37.3 Å². The average Bonchev–Trinajstić information content (AvgIpc) is 3.10. The van der Waals surface area contributed by atoms with Crippen molar-refractivity contribution in [3.8, 4) is 11.5 Å². The molecule has 3 aliphatic rings. The molecule has 4 rings (SSSR count). The van der Waals surface area contributed by atoms with Crippen molar-refractivity contribution in [1.82, 2.24) is 5.32 Å². The number of fused-ring (bicyclic) bond motifs is 1. The summed E-state index contributed by atoms with van der Waals surface area (Å²) in [6.07, 6.45) is 8.41. The van der Waals surface area contributed by atoms with Crippen LogP contribution in [-0.2, 0) is 4.79 Å². The highest BCUT2D eigenvalue weighted by molar-refractivity contribution is 5.77. The lowest BCUT2D eigenvalue weighted by Gasteiger charge is -2.26. The number of hydrogen-bond donors (Lipinski definition) is 2. The van der Waals surface area contributed by atoms with Gasteiger partial charge in [0.25, 0.3) is 5.91 Å². The molecule has 0 aromatic heterocycles. The number of nitrogens with one attached hydrogen (secondary N) is 2. The van der Waals surface area contributed by atoms with Crippen LogP contribution in [0.2, 0.25) is 0 Å². The number of quaternary nitrogens is 1. The standard InChI is InChI=1S/C20H28N2O3/c23-20(21-16-5-2-1-3-6-16)14-22-10-4-7-17(22)15-8-9-18-19(13-15)25-12-11-24-18/h8-9,13,16-17H,1-7,10-12,14H2,(H,21,23)/p+1/t17-/m0/s1. The quantitative estimate of drug-likeness (QED) is 0.872. The van der Waals surface area contributed by atoms with Gasteiger partial charge < -0.3 is 19.7 Å². The number of rotatable bonds is 4. The van der Waals surface area contributed by atoms with Crippen LogP contribution >= 0.6 is 0 Å². The second kappa shape index (κ2) is 7.65. The van der Waals surface area contributed by atoms with E-state index in [9.17, 15) is 4.79 Å². The van der Waals surface area contributed by atoms with Crippen LogP contribution in [0.15, 0.2) is 18.2 Å². The molecule has 5 nitrogen and oxygen atoms in total. The molecular weight excluding hydrogens is 316 g/mol. The maximum atomic E-state index is 12.5. The summed E-state index contributed by atoms with van der Waals surface area (Å²) < 4.78 is 11.3. The Balaban J connectivity index is 1.39. The van der Waals surface area contributed by atoms with Gasteiger partial charge in [-0.1, -0.05) is 19.3 Å². The summed E-state index contributed by atoms with van der Waals surface area (Å²) in [5, 5.41) is 3.26. The maximum absolute atomic E-state index is 12.5. The Morgan fingerprint density at radius 1 is 1.04 bits per heavy atom. The van der Waals surface area contributed by atoms with Crippen molar-refractivity contribution in [1.29, 1.82) is 0 Å². The van der Waals surface area contributed by atoms with Crippen molar-refractivity contribution in [3.05, 3.63) is 23.8 Å². The molecule has 2 atom stereocenters. The molecule has 2 N–H and O–H groups in total. The minimum Gasteiger partial charge on any atom is -0.486 e. The lowest BCUT2D eigenvalue weighted by atomic mass is 9.95. The van der Waals surface area contributed by atoms with Gasteiger partial charge >= 0.3 is 0 Å². The normalized spacial score (nSPS) is 26.4. The molecule has 1 saturated heterocycles. The van der Waals surface area contributed by atoms with Crippen LogP contribution in [0.3, 0.4) is 0 Å². The van der Waals surface area contributed by atoms with Gasteiger partial charge in [-0.3, -0.25) is 4.79 Å². The molecule has 136 valence electrons. The van der Waals surface area contributed by atoms with Crippen LogP contribution in [0.25, 0.3) is 0 Å². The zero-order chi connectivity index (χ0) is 17.1. The van der Waals surface area contributed by atoms with Gasteiger partial charge in [-0.25, -0.2) is 0 Å². The van der Waals surface area contributed by atoms with Gasteiger partial charge in [-0.2, -0.15) is 0 Å². The van der Waals surface area contributed by atoms with Crippen LogP contribution in [0.5, 0.6) is 11.5 Å². The first-order valence-corrected chi connectivity index (χ1v) is 9.83. The molecule has 2 fully saturated rings. The van der Waals surface area contributed by atoms with Gasteiger partial charge in [0.1, 0.15) is 19.3 Å². The van der Waals surface area contributed by atoms with E-state index in [4.69, 9.17) is 9.47 Å². The smallest absolute Gasteiger partial charge is 0.275 e. The summed E-state index contributed by atoms with van der Waals surface area (Å²) in [5.41, 5.74) is 1.27. The Morgan fingerprint density at radius 3 is 2.68 bits per heavy atom. The molecule has 2 heterocycles. The van der Waals surface area contributed by atoms with Gasteiger partial charge in [0.15, 0.2) is 18.0 Å². The fraction of sp³-hybridized carbons (Fsp3) is 0.650. The monoisotopic (exact) mass is 345 g/mol. The molecule has 1 aromatic rings. The Labute approximate surface area is 149 Å². The Bertz CT molecular complexity index is 613. The van der Waals surface area contributed by atoms with Crippen molar-refractivity contribution in [3.63, 3.8) is 0 Å². The molecule has 2 aliphatic heterocycles. The summed E-state index contributed by atoms with van der Waals surface area (Å²) in [6, 6.07) is 7.05. The van der Waals surface area contributed by atoms with Gasteiger partial charge in [-0.15, -0.1) is 0 Å². The third-order valence-electron chi connectivity index (χ3n) is 5.81. The highest BCUT2D eigenvalue weighted by Gasteiger charge is 2.33. The molecular formula is C20H29N2O3+. The molecule has 1 aromatic carbocycles. The lowest BCUT2D eigenvalue weighted by Crippen LogP contribution is -3.11. The average molecular weight is 345 g/mol. The van der Waals surface area contributed by atoms with Crippen molar-refractivity contribution in [2.75, 3.05) is 26.3 Å². The number of ether oxygens (including phenoxy) is 2. The second-order valence-corrected chi connectivity index (χ2v) is 7.59. The highest BCUT2D eigenvalue weighted by Crippen LogP contribution is 2.33. The molecule has 1 saturated carbocycles. The summed E-state index contributed by atoms with van der Waals surface area (Å²) in [7, 11) is 0. The van der Waals surface area contributed by atoms with E-state index in [0.29, 0.717) is 31.8 Å². The van der Waals surface area contributed by atoms with Gasteiger partial charge in [0.05, 0.1) is 6.54 Å². The topological polar surface area (TPSA) is 52.0 Å². The molecule has 0 bridgehead atoms. The first-order chi connectivity index (χ1) is 12.3. The predicted molar refractivity (Wildman–Crippen MR) is 95.1 cm³/mol. The lowest BCUT2D eigenvalue weighted by molar-refractivity contribution is -0.910. The molecule has 25 heavy (non-hydrogen) atoms. The number of amides is 1. The summed E-state index contributed by atoms with van der Waals surface area (Å²) >= 11 is 0. The molecule has 1 unspecified atom stereocenters. The van der Waals surface area contributed by atoms with Crippen LogP contribution in [0, 0.1) is 0 Å². The minimum atomic E-state index is 0.214. The Morgan fingerprint density at radius 2 is 1.84 bits per heavy atom. The second-order valence-electron chi connectivity index (χ2n) is 7.59. The Hall–Kier alpha value is -1.75. The fourth-order valence-corrected chi connectivity index (χ4v) is 4.53. The molecule has 1 aliphatic carbocycles. The van der Waals surface area contributed by atoms with Crippen LogP contribution in [0.4, 0.5) is 0 Å². The summed E-state index contributed by atoms with van der Waals surface area (Å²) in [5.74, 6) is 1.90. The Kier molecular flexibility index (Phi) is 5.11.